The molecule has 0 saturated carbocycles. The third kappa shape index (κ3) is 3.65. The van der Waals surface area contributed by atoms with Gasteiger partial charge in [-0.3, -0.25) is 0 Å². The van der Waals surface area contributed by atoms with Crippen molar-refractivity contribution in [1.29, 1.82) is 0 Å². The number of ether oxygens (including phenoxy) is 3. The monoisotopic (exact) mass is 365 g/mol. The molecule has 0 radical (unpaired) electrons. The van der Waals surface area contributed by atoms with Gasteiger partial charge in [-0.2, -0.15) is 0 Å². The SMILES string of the molecule is Clc1ccc(OC2=COC=C(C3=CC=CCC3c3ccccc3)O2)nc1. The zero-order valence-electron chi connectivity index (χ0n) is 13.8. The molecule has 4 rings (SSSR count). The zero-order chi connectivity index (χ0) is 17.8. The fourth-order valence-electron chi connectivity index (χ4n) is 2.89. The van der Waals surface area contributed by atoms with Crippen LogP contribution in [0.1, 0.15) is 17.9 Å². The minimum Gasteiger partial charge on any atom is -0.461 e. The van der Waals surface area contributed by atoms with Crippen molar-refractivity contribution in [1.82, 2.24) is 4.98 Å². The zero-order valence-corrected chi connectivity index (χ0v) is 14.6. The first-order valence-corrected chi connectivity index (χ1v) is 8.62. The van der Waals surface area contributed by atoms with E-state index in [-0.39, 0.29) is 11.9 Å². The molecule has 1 aliphatic carbocycles. The van der Waals surface area contributed by atoms with Gasteiger partial charge in [-0.1, -0.05) is 60.2 Å². The van der Waals surface area contributed by atoms with Crippen LogP contribution in [0.5, 0.6) is 5.88 Å². The van der Waals surface area contributed by atoms with E-state index in [4.69, 9.17) is 25.8 Å². The van der Waals surface area contributed by atoms with E-state index in [2.05, 4.69) is 23.2 Å². The first-order chi connectivity index (χ1) is 12.8. The number of rotatable bonds is 4. The summed E-state index contributed by atoms with van der Waals surface area (Å²) in [6.07, 6.45) is 11.6. The normalized spacial score (nSPS) is 18.8. The largest absolute Gasteiger partial charge is 0.461 e. The summed E-state index contributed by atoms with van der Waals surface area (Å²) in [5.74, 6) is 1.42. The number of hydrogen-bond donors (Lipinski definition) is 0. The van der Waals surface area contributed by atoms with Gasteiger partial charge in [-0.25, -0.2) is 4.98 Å². The minimum atomic E-state index is 0.198. The van der Waals surface area contributed by atoms with Gasteiger partial charge in [0.2, 0.25) is 5.88 Å². The van der Waals surface area contributed by atoms with E-state index in [0.29, 0.717) is 16.7 Å². The van der Waals surface area contributed by atoms with Crippen LogP contribution in [0.4, 0.5) is 0 Å². The lowest BCUT2D eigenvalue weighted by atomic mass is 9.84. The Morgan fingerprint density at radius 2 is 1.96 bits per heavy atom. The molecule has 1 aliphatic heterocycles. The van der Waals surface area contributed by atoms with Crippen LogP contribution in [0.15, 0.2) is 96.7 Å². The number of nitrogens with zero attached hydrogens (tertiary/aromatic N) is 1. The molecule has 5 heteroatoms. The molecule has 2 aromatic rings. The van der Waals surface area contributed by atoms with Crippen LogP contribution in [-0.4, -0.2) is 4.98 Å². The minimum absolute atomic E-state index is 0.198. The molecule has 130 valence electrons. The molecule has 2 aliphatic rings. The number of aromatic nitrogens is 1. The van der Waals surface area contributed by atoms with Crippen LogP contribution in [-0.2, 0) is 9.47 Å². The van der Waals surface area contributed by atoms with E-state index >= 15 is 0 Å². The molecule has 0 amide bonds. The highest BCUT2D eigenvalue weighted by Gasteiger charge is 2.25. The molecule has 0 bridgehead atoms. The smallest absolute Gasteiger partial charge is 0.328 e. The lowest BCUT2D eigenvalue weighted by Gasteiger charge is -2.25. The van der Waals surface area contributed by atoms with Gasteiger partial charge >= 0.3 is 5.95 Å². The molecule has 1 aromatic carbocycles. The molecular weight excluding hydrogens is 350 g/mol. The van der Waals surface area contributed by atoms with Crippen molar-refractivity contribution >= 4 is 11.6 Å². The lowest BCUT2D eigenvalue weighted by Crippen LogP contribution is -2.13. The molecule has 1 atom stereocenters. The van der Waals surface area contributed by atoms with Gasteiger partial charge in [0.1, 0.15) is 6.26 Å². The fraction of sp³-hybridized carbons (Fsp3) is 0.0952. The maximum absolute atomic E-state index is 5.91. The summed E-state index contributed by atoms with van der Waals surface area (Å²) in [6, 6.07) is 13.7. The Morgan fingerprint density at radius 3 is 2.77 bits per heavy atom. The lowest BCUT2D eigenvalue weighted by molar-refractivity contribution is 0.118. The first kappa shape index (κ1) is 16.5. The van der Waals surface area contributed by atoms with Crippen LogP contribution in [0, 0.1) is 0 Å². The first-order valence-electron chi connectivity index (χ1n) is 8.25. The van der Waals surface area contributed by atoms with Gasteiger partial charge in [0.25, 0.3) is 0 Å². The van der Waals surface area contributed by atoms with Gasteiger partial charge < -0.3 is 14.2 Å². The highest BCUT2D eigenvalue weighted by molar-refractivity contribution is 6.30. The Kier molecular flexibility index (Phi) is 4.75. The van der Waals surface area contributed by atoms with Gasteiger partial charge in [-0.05, 0) is 18.1 Å². The van der Waals surface area contributed by atoms with E-state index in [0.717, 1.165) is 12.0 Å². The number of allylic oxidation sites excluding steroid dienone is 4. The summed E-state index contributed by atoms with van der Waals surface area (Å²) in [4.78, 5) is 4.10. The standard InChI is InChI=1S/C21H16ClNO3/c22-16-10-11-20(23-12-16)26-21-14-24-13-19(25-21)18-9-5-4-8-17(18)15-6-2-1-3-7-15/h1-7,9-14,17H,8H2. The summed E-state index contributed by atoms with van der Waals surface area (Å²) < 4.78 is 17.0. The van der Waals surface area contributed by atoms with Crippen molar-refractivity contribution in [3.8, 4) is 5.88 Å². The van der Waals surface area contributed by atoms with E-state index in [1.165, 1.54) is 18.0 Å². The van der Waals surface area contributed by atoms with Crippen LogP contribution in [0.2, 0.25) is 5.02 Å². The highest BCUT2D eigenvalue weighted by atomic mass is 35.5. The molecule has 0 saturated heterocycles. The molecule has 1 unspecified atom stereocenters. The Hall–Kier alpha value is -2.98. The average Bonchev–Trinajstić information content (AvgIpc) is 2.71. The van der Waals surface area contributed by atoms with Gasteiger partial charge in [0.15, 0.2) is 12.0 Å². The van der Waals surface area contributed by atoms with Crippen molar-refractivity contribution in [3.05, 3.63) is 107 Å². The van der Waals surface area contributed by atoms with Crippen molar-refractivity contribution in [2.75, 3.05) is 0 Å². The maximum Gasteiger partial charge on any atom is 0.328 e. The van der Waals surface area contributed by atoms with E-state index in [1.54, 1.807) is 18.4 Å². The molecule has 2 heterocycles. The van der Waals surface area contributed by atoms with Crippen LogP contribution in [0.3, 0.4) is 0 Å². The number of pyridine rings is 1. The Bertz CT molecular complexity index is 899. The molecule has 0 N–H and O–H groups in total. The summed E-state index contributed by atoms with van der Waals surface area (Å²) in [6.45, 7) is 0. The predicted octanol–water partition coefficient (Wildman–Crippen LogP) is 5.47. The van der Waals surface area contributed by atoms with Gasteiger partial charge in [-0.15, -0.1) is 0 Å². The maximum atomic E-state index is 5.91. The van der Waals surface area contributed by atoms with Gasteiger partial charge in [0, 0.05) is 23.8 Å². The van der Waals surface area contributed by atoms with Crippen LogP contribution >= 0.6 is 11.6 Å². The molecule has 26 heavy (non-hydrogen) atoms. The van der Waals surface area contributed by atoms with Gasteiger partial charge in [0.05, 0.1) is 5.02 Å². The Labute approximate surface area is 156 Å². The van der Waals surface area contributed by atoms with Crippen LogP contribution in [0.25, 0.3) is 0 Å². The fourth-order valence-corrected chi connectivity index (χ4v) is 3.00. The number of benzene rings is 1. The summed E-state index contributed by atoms with van der Waals surface area (Å²) in [5.41, 5.74) is 2.26. The summed E-state index contributed by atoms with van der Waals surface area (Å²) in [5, 5.41) is 0.539. The molecular formula is C21H16ClNO3. The number of halogens is 1. The van der Waals surface area contributed by atoms with Crippen molar-refractivity contribution in [2.24, 2.45) is 0 Å². The molecule has 1 aromatic heterocycles. The second-order valence-corrected chi connectivity index (χ2v) is 6.26. The van der Waals surface area contributed by atoms with Crippen molar-refractivity contribution in [3.63, 3.8) is 0 Å². The summed E-state index contributed by atoms with van der Waals surface area (Å²) in [7, 11) is 0. The summed E-state index contributed by atoms with van der Waals surface area (Å²) >= 11 is 5.84. The Morgan fingerprint density at radius 1 is 1.08 bits per heavy atom. The second kappa shape index (κ2) is 7.50. The quantitative estimate of drug-likeness (QED) is 0.720. The third-order valence-electron chi connectivity index (χ3n) is 4.10. The van der Waals surface area contributed by atoms with E-state index in [9.17, 15) is 0 Å². The second-order valence-electron chi connectivity index (χ2n) is 5.82. The predicted molar refractivity (Wildman–Crippen MR) is 99.2 cm³/mol. The van der Waals surface area contributed by atoms with Crippen molar-refractivity contribution in [2.45, 2.75) is 12.3 Å². The third-order valence-corrected chi connectivity index (χ3v) is 4.32. The van der Waals surface area contributed by atoms with Crippen molar-refractivity contribution < 1.29 is 14.2 Å². The van der Waals surface area contributed by atoms with Crippen LogP contribution < -0.4 is 4.74 Å². The Balaban J connectivity index is 1.52. The number of hydrogen-bond acceptors (Lipinski definition) is 4. The molecule has 0 fully saturated rings. The van der Waals surface area contributed by atoms with E-state index in [1.807, 2.05) is 30.4 Å². The molecule has 0 spiro atoms. The highest BCUT2D eigenvalue weighted by Crippen LogP contribution is 2.37. The molecule has 4 nitrogen and oxygen atoms in total. The average molecular weight is 366 g/mol. The van der Waals surface area contributed by atoms with E-state index < -0.39 is 0 Å². The topological polar surface area (TPSA) is 40.6 Å².